The quantitative estimate of drug-likeness (QED) is 0.753. The second-order valence-electron chi connectivity index (χ2n) is 5.38. The lowest BCUT2D eigenvalue weighted by molar-refractivity contribution is 0.0694. The standard InChI is InChI=1S/C17H19N3O2S/c1-20(9-13(21)10-22-2)16-14-8-15(12-6-4-3-5-7-12)23-17(14)19-11-18-16/h3-8,11,13,21H,9-10H2,1-2H3/t13-/m1/s1. The van der Waals surface area contributed by atoms with Gasteiger partial charge in [-0.3, -0.25) is 0 Å². The van der Waals surface area contributed by atoms with Gasteiger partial charge in [-0.1, -0.05) is 30.3 Å². The third-order valence-electron chi connectivity index (χ3n) is 3.57. The first-order valence-electron chi connectivity index (χ1n) is 7.37. The summed E-state index contributed by atoms with van der Waals surface area (Å²) in [5.41, 5.74) is 1.17. The minimum atomic E-state index is -0.553. The van der Waals surface area contributed by atoms with Gasteiger partial charge < -0.3 is 14.7 Å². The molecule has 3 aromatic rings. The highest BCUT2D eigenvalue weighted by Gasteiger charge is 2.15. The molecule has 3 rings (SSSR count). The molecule has 0 radical (unpaired) electrons. The van der Waals surface area contributed by atoms with Gasteiger partial charge in [0.15, 0.2) is 0 Å². The number of aliphatic hydroxyl groups is 1. The van der Waals surface area contributed by atoms with Crippen molar-refractivity contribution in [3.05, 3.63) is 42.7 Å². The van der Waals surface area contributed by atoms with Gasteiger partial charge in [-0.25, -0.2) is 9.97 Å². The minimum absolute atomic E-state index is 0.303. The number of aromatic nitrogens is 2. The van der Waals surface area contributed by atoms with Gasteiger partial charge in [-0.05, 0) is 11.6 Å². The number of anilines is 1. The van der Waals surface area contributed by atoms with Crippen molar-refractivity contribution >= 4 is 27.4 Å². The fourth-order valence-corrected chi connectivity index (χ4v) is 3.54. The van der Waals surface area contributed by atoms with Crippen LogP contribution in [0.2, 0.25) is 0 Å². The summed E-state index contributed by atoms with van der Waals surface area (Å²) in [7, 11) is 3.50. The van der Waals surface area contributed by atoms with Crippen LogP contribution in [0.3, 0.4) is 0 Å². The molecular weight excluding hydrogens is 310 g/mol. The number of fused-ring (bicyclic) bond motifs is 1. The Morgan fingerprint density at radius 2 is 2.04 bits per heavy atom. The van der Waals surface area contributed by atoms with Crippen LogP contribution in [0.15, 0.2) is 42.7 Å². The highest BCUT2D eigenvalue weighted by molar-refractivity contribution is 7.21. The van der Waals surface area contributed by atoms with Crippen LogP contribution in [0.5, 0.6) is 0 Å². The summed E-state index contributed by atoms with van der Waals surface area (Å²) in [6.45, 7) is 0.758. The van der Waals surface area contributed by atoms with Crippen molar-refractivity contribution in [2.24, 2.45) is 0 Å². The van der Waals surface area contributed by atoms with E-state index in [0.717, 1.165) is 20.9 Å². The normalized spacial score (nSPS) is 12.5. The fraction of sp³-hybridized carbons (Fsp3) is 0.294. The van der Waals surface area contributed by atoms with Crippen LogP contribution in [0.4, 0.5) is 5.82 Å². The molecule has 0 saturated heterocycles. The van der Waals surface area contributed by atoms with Gasteiger partial charge >= 0.3 is 0 Å². The maximum Gasteiger partial charge on any atom is 0.140 e. The number of hydrogen-bond donors (Lipinski definition) is 1. The van der Waals surface area contributed by atoms with Crippen LogP contribution in [0.1, 0.15) is 0 Å². The van der Waals surface area contributed by atoms with Gasteiger partial charge in [0.2, 0.25) is 0 Å². The molecule has 0 aliphatic carbocycles. The zero-order chi connectivity index (χ0) is 16.2. The molecule has 0 saturated carbocycles. The lowest BCUT2D eigenvalue weighted by Crippen LogP contribution is -2.32. The maximum atomic E-state index is 9.93. The molecule has 0 fully saturated rings. The highest BCUT2D eigenvalue weighted by atomic mass is 32.1. The third kappa shape index (κ3) is 3.50. The first-order valence-corrected chi connectivity index (χ1v) is 8.19. The van der Waals surface area contributed by atoms with Crippen LogP contribution < -0.4 is 4.90 Å². The largest absolute Gasteiger partial charge is 0.389 e. The molecule has 1 aromatic carbocycles. The minimum Gasteiger partial charge on any atom is -0.389 e. The van der Waals surface area contributed by atoms with Crippen LogP contribution in [0, 0.1) is 0 Å². The van der Waals surface area contributed by atoms with E-state index in [1.807, 2.05) is 30.1 Å². The average Bonchev–Trinajstić information content (AvgIpc) is 2.99. The van der Waals surface area contributed by atoms with E-state index in [4.69, 9.17) is 4.74 Å². The van der Waals surface area contributed by atoms with Crippen molar-refractivity contribution < 1.29 is 9.84 Å². The van der Waals surface area contributed by atoms with E-state index >= 15 is 0 Å². The number of benzene rings is 1. The van der Waals surface area contributed by atoms with Crippen molar-refractivity contribution in [3.63, 3.8) is 0 Å². The Balaban J connectivity index is 1.94. The van der Waals surface area contributed by atoms with E-state index in [9.17, 15) is 5.11 Å². The van der Waals surface area contributed by atoms with E-state index in [1.165, 1.54) is 5.56 Å². The van der Waals surface area contributed by atoms with Gasteiger partial charge in [-0.2, -0.15) is 0 Å². The molecule has 0 spiro atoms. The molecule has 0 aliphatic heterocycles. The first kappa shape index (κ1) is 15.9. The average molecular weight is 329 g/mol. The predicted molar refractivity (Wildman–Crippen MR) is 94.0 cm³/mol. The SMILES string of the molecule is COC[C@H](O)CN(C)c1ncnc2sc(-c3ccccc3)cc12. The second-order valence-corrected chi connectivity index (χ2v) is 6.41. The van der Waals surface area contributed by atoms with E-state index in [1.54, 1.807) is 24.8 Å². The van der Waals surface area contributed by atoms with Crippen LogP contribution in [-0.2, 0) is 4.74 Å². The van der Waals surface area contributed by atoms with Gasteiger partial charge in [-0.15, -0.1) is 11.3 Å². The number of methoxy groups -OCH3 is 1. The molecule has 23 heavy (non-hydrogen) atoms. The van der Waals surface area contributed by atoms with Crippen molar-refractivity contribution in [1.82, 2.24) is 9.97 Å². The highest BCUT2D eigenvalue weighted by Crippen LogP contribution is 2.35. The predicted octanol–water partition coefficient (Wildman–Crippen LogP) is 2.80. The molecule has 120 valence electrons. The van der Waals surface area contributed by atoms with Crippen molar-refractivity contribution in [1.29, 1.82) is 0 Å². The number of nitrogens with zero attached hydrogens (tertiary/aromatic N) is 3. The molecule has 0 aliphatic rings. The Bertz CT molecular complexity index is 776. The second kappa shape index (κ2) is 7.04. The number of aliphatic hydroxyl groups excluding tert-OH is 1. The summed E-state index contributed by atoms with van der Waals surface area (Å²) in [6.07, 6.45) is 1.02. The smallest absolute Gasteiger partial charge is 0.140 e. The molecule has 0 bridgehead atoms. The number of hydrogen-bond acceptors (Lipinski definition) is 6. The molecule has 2 heterocycles. The topological polar surface area (TPSA) is 58.5 Å². The summed E-state index contributed by atoms with van der Waals surface area (Å²) < 4.78 is 4.98. The van der Waals surface area contributed by atoms with E-state index < -0.39 is 6.10 Å². The first-order chi connectivity index (χ1) is 11.2. The number of ether oxygens (including phenoxy) is 1. The zero-order valence-corrected chi connectivity index (χ0v) is 14.0. The molecule has 5 nitrogen and oxygen atoms in total. The Hall–Kier alpha value is -2.02. The van der Waals surface area contributed by atoms with Crippen molar-refractivity contribution in [2.45, 2.75) is 6.10 Å². The van der Waals surface area contributed by atoms with Gasteiger partial charge in [0.1, 0.15) is 17.0 Å². The van der Waals surface area contributed by atoms with Gasteiger partial charge in [0, 0.05) is 25.6 Å². The van der Waals surface area contributed by atoms with E-state index in [2.05, 4.69) is 28.2 Å². The lowest BCUT2D eigenvalue weighted by atomic mass is 10.2. The summed E-state index contributed by atoms with van der Waals surface area (Å²) in [5.74, 6) is 0.823. The summed E-state index contributed by atoms with van der Waals surface area (Å²) in [4.78, 5) is 12.8. The van der Waals surface area contributed by atoms with Gasteiger partial charge in [0.25, 0.3) is 0 Å². The molecule has 2 aromatic heterocycles. The van der Waals surface area contributed by atoms with Crippen molar-refractivity contribution in [2.75, 3.05) is 32.2 Å². The Labute approximate surface area is 139 Å². The summed E-state index contributed by atoms with van der Waals surface area (Å²) in [5, 5.41) is 10.9. The molecule has 6 heteroatoms. The summed E-state index contributed by atoms with van der Waals surface area (Å²) >= 11 is 1.65. The van der Waals surface area contributed by atoms with Crippen LogP contribution in [-0.4, -0.2) is 48.5 Å². The van der Waals surface area contributed by atoms with E-state index in [-0.39, 0.29) is 0 Å². The Morgan fingerprint density at radius 3 is 2.78 bits per heavy atom. The third-order valence-corrected chi connectivity index (χ3v) is 4.66. The van der Waals surface area contributed by atoms with Crippen LogP contribution in [0.25, 0.3) is 20.7 Å². The lowest BCUT2D eigenvalue weighted by Gasteiger charge is -2.21. The molecule has 1 N–H and O–H groups in total. The molecule has 0 amide bonds. The molecule has 0 unspecified atom stereocenters. The zero-order valence-electron chi connectivity index (χ0n) is 13.1. The Morgan fingerprint density at radius 1 is 1.26 bits per heavy atom. The monoisotopic (exact) mass is 329 g/mol. The number of rotatable bonds is 6. The Kier molecular flexibility index (Phi) is 4.85. The van der Waals surface area contributed by atoms with Crippen molar-refractivity contribution in [3.8, 4) is 10.4 Å². The molecular formula is C17H19N3O2S. The van der Waals surface area contributed by atoms with Crippen LogP contribution >= 0.6 is 11.3 Å². The number of thiophene rings is 1. The molecule has 1 atom stereocenters. The summed E-state index contributed by atoms with van der Waals surface area (Å²) in [6, 6.07) is 12.4. The van der Waals surface area contributed by atoms with Gasteiger partial charge in [0.05, 0.1) is 18.1 Å². The number of likely N-dealkylation sites (N-methyl/N-ethyl adjacent to an activating group) is 1. The maximum absolute atomic E-state index is 9.93. The van der Waals surface area contributed by atoms with E-state index in [0.29, 0.717) is 13.2 Å². The fourth-order valence-electron chi connectivity index (χ4n) is 2.54.